The predicted molar refractivity (Wildman–Crippen MR) is 76.3 cm³/mol. The van der Waals surface area contributed by atoms with Crippen molar-refractivity contribution in [1.29, 1.82) is 0 Å². The van der Waals surface area contributed by atoms with Crippen LogP contribution < -0.4 is 21.9 Å². The van der Waals surface area contributed by atoms with Gasteiger partial charge < -0.3 is 21.4 Å². The zero-order valence-electron chi connectivity index (χ0n) is 10.8. The number of hydrogen-bond acceptors (Lipinski definition) is 5. The van der Waals surface area contributed by atoms with E-state index in [1.165, 1.54) is 6.33 Å². The molecule has 1 fully saturated rings. The minimum atomic E-state index is -0.290. The molecule has 0 radical (unpaired) electrons. The van der Waals surface area contributed by atoms with Crippen molar-refractivity contribution in [2.75, 3.05) is 23.7 Å². The molecule has 1 aromatic carbocycles. The smallest absolute Gasteiger partial charge is 0.258 e. The molecule has 5 N–H and O–H groups in total. The Morgan fingerprint density at radius 3 is 2.95 bits per heavy atom. The fraction of sp³-hybridized carbons (Fsp3) is 0.308. The van der Waals surface area contributed by atoms with E-state index in [9.17, 15) is 9.59 Å². The number of nitrogens with two attached hydrogens (primary N) is 2. The Labute approximate surface area is 114 Å². The normalized spacial score (nSPS) is 18.6. The second kappa shape index (κ2) is 4.52. The molecule has 7 heteroatoms. The molecule has 0 aliphatic carbocycles. The van der Waals surface area contributed by atoms with Gasteiger partial charge in [0.05, 0.1) is 34.5 Å². The summed E-state index contributed by atoms with van der Waals surface area (Å²) in [5.41, 5.74) is 13.0. The summed E-state index contributed by atoms with van der Waals surface area (Å²) >= 11 is 0. The van der Waals surface area contributed by atoms with Gasteiger partial charge in [0.15, 0.2) is 0 Å². The number of rotatable bonds is 2. The highest BCUT2D eigenvalue weighted by Gasteiger charge is 2.27. The van der Waals surface area contributed by atoms with Crippen LogP contribution >= 0.6 is 0 Å². The first-order valence-electron chi connectivity index (χ1n) is 6.37. The number of aromatic nitrogens is 2. The molecule has 1 aromatic heterocycles. The van der Waals surface area contributed by atoms with Gasteiger partial charge in [-0.15, -0.1) is 0 Å². The summed E-state index contributed by atoms with van der Waals surface area (Å²) in [5, 5.41) is 0.458. The van der Waals surface area contributed by atoms with Crippen molar-refractivity contribution >= 4 is 28.2 Å². The van der Waals surface area contributed by atoms with Crippen molar-refractivity contribution in [3.63, 3.8) is 0 Å². The molecule has 104 valence electrons. The Balaban J connectivity index is 2.03. The highest BCUT2D eigenvalue weighted by atomic mass is 16.1. The van der Waals surface area contributed by atoms with Gasteiger partial charge in [-0.25, -0.2) is 4.98 Å². The van der Waals surface area contributed by atoms with Crippen LogP contribution in [0.3, 0.4) is 0 Å². The molecule has 1 amide bonds. The number of carbonyl (C=O) groups excluding carboxylic acids is 1. The zero-order chi connectivity index (χ0) is 14.3. The first-order valence-corrected chi connectivity index (χ1v) is 6.37. The van der Waals surface area contributed by atoms with Crippen molar-refractivity contribution in [3.05, 3.63) is 28.8 Å². The molecule has 20 heavy (non-hydrogen) atoms. The number of aromatic amines is 1. The van der Waals surface area contributed by atoms with Gasteiger partial charge in [-0.1, -0.05) is 0 Å². The maximum absolute atomic E-state index is 11.7. The third-order valence-electron chi connectivity index (χ3n) is 3.72. The fourth-order valence-corrected chi connectivity index (χ4v) is 2.61. The van der Waals surface area contributed by atoms with Crippen molar-refractivity contribution < 1.29 is 4.79 Å². The zero-order valence-corrected chi connectivity index (χ0v) is 10.8. The lowest BCUT2D eigenvalue weighted by Gasteiger charge is -2.20. The van der Waals surface area contributed by atoms with Gasteiger partial charge in [-0.2, -0.15) is 0 Å². The molecule has 1 unspecified atom stereocenters. The molecule has 0 bridgehead atoms. The summed E-state index contributed by atoms with van der Waals surface area (Å²) in [5.74, 6) is -0.446. The summed E-state index contributed by atoms with van der Waals surface area (Å²) < 4.78 is 0. The minimum Gasteiger partial charge on any atom is -0.397 e. The molecular formula is C13H15N5O2. The second-order valence-electron chi connectivity index (χ2n) is 4.99. The van der Waals surface area contributed by atoms with Crippen LogP contribution in [0.1, 0.15) is 6.42 Å². The molecule has 1 saturated heterocycles. The summed E-state index contributed by atoms with van der Waals surface area (Å²) in [4.78, 5) is 31.6. The second-order valence-corrected chi connectivity index (χ2v) is 4.99. The van der Waals surface area contributed by atoms with Gasteiger partial charge in [0, 0.05) is 13.1 Å². The number of anilines is 2. The van der Waals surface area contributed by atoms with Gasteiger partial charge in [0.1, 0.15) is 0 Å². The number of nitrogen functional groups attached to an aromatic ring is 1. The van der Waals surface area contributed by atoms with E-state index < -0.39 is 0 Å². The van der Waals surface area contributed by atoms with Crippen LogP contribution in [0.25, 0.3) is 10.9 Å². The third kappa shape index (κ3) is 1.97. The maximum Gasteiger partial charge on any atom is 0.258 e. The van der Waals surface area contributed by atoms with Gasteiger partial charge >= 0.3 is 0 Å². The molecule has 1 aliphatic rings. The van der Waals surface area contributed by atoms with Gasteiger partial charge in [-0.3, -0.25) is 9.59 Å². The third-order valence-corrected chi connectivity index (χ3v) is 3.72. The number of amides is 1. The van der Waals surface area contributed by atoms with Gasteiger partial charge in [0.25, 0.3) is 5.56 Å². The molecule has 2 heterocycles. The first-order chi connectivity index (χ1) is 9.56. The highest BCUT2D eigenvalue weighted by molar-refractivity contribution is 5.89. The molecular weight excluding hydrogens is 258 g/mol. The number of hydrogen-bond donors (Lipinski definition) is 3. The summed E-state index contributed by atoms with van der Waals surface area (Å²) in [6, 6.07) is 3.40. The average molecular weight is 273 g/mol. The topological polar surface area (TPSA) is 118 Å². The lowest BCUT2D eigenvalue weighted by atomic mass is 10.1. The molecule has 1 aliphatic heterocycles. The number of nitrogens with one attached hydrogen (secondary N) is 1. The summed E-state index contributed by atoms with van der Waals surface area (Å²) in [6.45, 7) is 1.26. The van der Waals surface area contributed by atoms with Crippen LogP contribution in [0, 0.1) is 5.92 Å². The van der Waals surface area contributed by atoms with Crippen LogP contribution in [-0.2, 0) is 4.79 Å². The number of carbonyl (C=O) groups is 1. The van der Waals surface area contributed by atoms with Crippen molar-refractivity contribution in [3.8, 4) is 0 Å². The Bertz CT molecular complexity index is 739. The quantitative estimate of drug-likeness (QED) is 0.656. The molecule has 1 atom stereocenters. The number of fused-ring (bicyclic) bond motifs is 1. The number of H-pyrrole nitrogens is 1. The SMILES string of the molecule is NC(=O)C1CCN(c2cc3nc[nH]c(=O)c3cc2N)C1. The Morgan fingerprint density at radius 2 is 2.25 bits per heavy atom. The molecule has 0 saturated carbocycles. The van der Waals surface area contributed by atoms with Crippen LogP contribution in [0.5, 0.6) is 0 Å². The molecule has 0 spiro atoms. The predicted octanol–water partition coefficient (Wildman–Crippen LogP) is -0.183. The fourth-order valence-electron chi connectivity index (χ4n) is 2.61. The van der Waals surface area contributed by atoms with E-state index in [0.717, 1.165) is 12.1 Å². The minimum absolute atomic E-state index is 0.155. The Morgan fingerprint density at radius 1 is 1.45 bits per heavy atom. The first kappa shape index (κ1) is 12.5. The van der Waals surface area contributed by atoms with Crippen molar-refractivity contribution in [2.45, 2.75) is 6.42 Å². The van der Waals surface area contributed by atoms with E-state index in [2.05, 4.69) is 9.97 Å². The van der Waals surface area contributed by atoms with E-state index in [4.69, 9.17) is 11.5 Å². The van der Waals surface area contributed by atoms with Crippen LogP contribution in [0.2, 0.25) is 0 Å². The largest absolute Gasteiger partial charge is 0.397 e. The van der Waals surface area contributed by atoms with Crippen LogP contribution in [0.4, 0.5) is 11.4 Å². The number of primary amides is 1. The van der Waals surface area contributed by atoms with Crippen LogP contribution in [-0.4, -0.2) is 29.0 Å². The van der Waals surface area contributed by atoms with Gasteiger partial charge in [-0.05, 0) is 18.6 Å². The van der Waals surface area contributed by atoms with Gasteiger partial charge in [0.2, 0.25) is 5.91 Å². The van der Waals surface area contributed by atoms with Crippen LogP contribution in [0.15, 0.2) is 23.3 Å². The average Bonchev–Trinajstić information content (AvgIpc) is 2.89. The lowest BCUT2D eigenvalue weighted by molar-refractivity contribution is -0.121. The Hall–Kier alpha value is -2.57. The maximum atomic E-state index is 11.7. The molecule has 3 rings (SSSR count). The standard InChI is InChI=1S/C13H15N5O2/c14-9-3-8-10(16-6-17-13(8)20)4-11(9)18-2-1-7(5-18)12(15)19/h3-4,6-7H,1-2,5,14H2,(H2,15,19)(H,16,17,20). The van der Waals surface area contributed by atoms with Crippen molar-refractivity contribution in [1.82, 2.24) is 9.97 Å². The van der Waals surface area contributed by atoms with E-state index in [1.54, 1.807) is 12.1 Å². The highest BCUT2D eigenvalue weighted by Crippen LogP contribution is 2.31. The summed E-state index contributed by atoms with van der Waals surface area (Å²) in [6.07, 6.45) is 2.08. The van der Waals surface area contributed by atoms with E-state index in [0.29, 0.717) is 29.7 Å². The Kier molecular flexibility index (Phi) is 2.81. The van der Waals surface area contributed by atoms with E-state index in [1.807, 2.05) is 4.90 Å². The number of benzene rings is 1. The monoisotopic (exact) mass is 273 g/mol. The lowest BCUT2D eigenvalue weighted by Crippen LogP contribution is -2.27. The van der Waals surface area contributed by atoms with E-state index >= 15 is 0 Å². The molecule has 7 nitrogen and oxygen atoms in total. The van der Waals surface area contributed by atoms with Crippen molar-refractivity contribution in [2.24, 2.45) is 11.7 Å². The number of nitrogens with zero attached hydrogens (tertiary/aromatic N) is 2. The molecule has 2 aromatic rings. The summed E-state index contributed by atoms with van der Waals surface area (Å²) in [7, 11) is 0. The van der Waals surface area contributed by atoms with E-state index in [-0.39, 0.29) is 17.4 Å².